The Kier molecular flexibility index (Phi) is 5.24. The summed E-state index contributed by atoms with van der Waals surface area (Å²) in [7, 11) is 0. The van der Waals surface area contributed by atoms with Crippen LogP contribution < -0.4 is 16.0 Å². The number of hydrogen-bond acceptors (Lipinski definition) is 5. The summed E-state index contributed by atoms with van der Waals surface area (Å²) in [5.74, 6) is 0.608. The van der Waals surface area contributed by atoms with Crippen LogP contribution in [-0.4, -0.2) is 27.0 Å². The van der Waals surface area contributed by atoms with E-state index in [-0.39, 0.29) is 18.7 Å². The first-order chi connectivity index (χ1) is 12.5. The number of nitriles is 1. The number of aromatic nitrogens is 2. The number of benzene rings is 1. The molecule has 2 aromatic rings. The third-order valence-corrected chi connectivity index (χ3v) is 4.61. The normalized spacial score (nSPS) is 13.9. The van der Waals surface area contributed by atoms with Crippen molar-refractivity contribution >= 4 is 0 Å². The molecule has 7 nitrogen and oxygen atoms in total. The highest BCUT2D eigenvalue weighted by atomic mass is 16.5. The fraction of sp³-hybridized carbons (Fsp3) is 0.421. The van der Waals surface area contributed by atoms with Crippen LogP contribution in [0.2, 0.25) is 0 Å². The van der Waals surface area contributed by atoms with Gasteiger partial charge in [0.25, 0.3) is 5.56 Å². The van der Waals surface area contributed by atoms with E-state index in [0.717, 1.165) is 17.4 Å². The van der Waals surface area contributed by atoms with Crippen molar-refractivity contribution in [2.45, 2.75) is 45.4 Å². The second-order valence-corrected chi connectivity index (χ2v) is 6.35. The van der Waals surface area contributed by atoms with Crippen molar-refractivity contribution in [2.24, 2.45) is 0 Å². The maximum absolute atomic E-state index is 12.5. The van der Waals surface area contributed by atoms with Gasteiger partial charge in [-0.25, -0.2) is 4.79 Å². The van der Waals surface area contributed by atoms with Crippen LogP contribution in [-0.2, 0) is 25.9 Å². The van der Waals surface area contributed by atoms with E-state index in [0.29, 0.717) is 24.4 Å². The van der Waals surface area contributed by atoms with Crippen molar-refractivity contribution in [1.29, 1.82) is 5.26 Å². The lowest BCUT2D eigenvalue weighted by molar-refractivity contribution is 0.0899. The maximum Gasteiger partial charge on any atom is 0.331 e. The zero-order valence-corrected chi connectivity index (χ0v) is 14.6. The highest BCUT2D eigenvalue weighted by molar-refractivity contribution is 5.33. The lowest BCUT2D eigenvalue weighted by atomic mass is 10.2. The molecule has 1 aromatic heterocycles. The topological polar surface area (TPSA) is 97.2 Å². The molecule has 0 spiro atoms. The summed E-state index contributed by atoms with van der Waals surface area (Å²) in [5, 5.41) is 19.5. The molecule has 0 bridgehead atoms. The Morgan fingerprint density at radius 3 is 2.69 bits per heavy atom. The molecule has 2 heterocycles. The summed E-state index contributed by atoms with van der Waals surface area (Å²) in [4.78, 5) is 24.9. The Morgan fingerprint density at radius 1 is 1.31 bits per heavy atom. The molecule has 0 saturated carbocycles. The molecule has 1 aliphatic heterocycles. The van der Waals surface area contributed by atoms with E-state index in [9.17, 15) is 20.0 Å². The molecule has 26 heavy (non-hydrogen) atoms. The fourth-order valence-electron chi connectivity index (χ4n) is 3.19. The summed E-state index contributed by atoms with van der Waals surface area (Å²) in [5.41, 5.74) is 0.551. The maximum atomic E-state index is 12.5. The minimum absolute atomic E-state index is 0.00891. The van der Waals surface area contributed by atoms with Crippen molar-refractivity contribution in [3.8, 4) is 11.8 Å². The Balaban J connectivity index is 1.75. The van der Waals surface area contributed by atoms with E-state index in [2.05, 4.69) is 6.92 Å². The second-order valence-electron chi connectivity index (χ2n) is 6.35. The summed E-state index contributed by atoms with van der Waals surface area (Å²) < 4.78 is 7.92. The summed E-state index contributed by atoms with van der Waals surface area (Å²) >= 11 is 0. The quantitative estimate of drug-likeness (QED) is 0.828. The molecule has 0 radical (unpaired) electrons. The van der Waals surface area contributed by atoms with Gasteiger partial charge in [0.15, 0.2) is 0 Å². The first kappa shape index (κ1) is 18.0. The predicted molar refractivity (Wildman–Crippen MR) is 95.3 cm³/mol. The van der Waals surface area contributed by atoms with Crippen LogP contribution in [0.3, 0.4) is 0 Å². The van der Waals surface area contributed by atoms with Gasteiger partial charge < -0.3 is 9.84 Å². The number of ether oxygens (including phenoxy) is 1. The van der Waals surface area contributed by atoms with Crippen molar-refractivity contribution in [3.63, 3.8) is 0 Å². The van der Waals surface area contributed by atoms with Crippen LogP contribution >= 0.6 is 0 Å². The highest BCUT2D eigenvalue weighted by Gasteiger charge is 2.23. The van der Waals surface area contributed by atoms with E-state index in [1.807, 2.05) is 30.3 Å². The van der Waals surface area contributed by atoms with Crippen LogP contribution in [0.5, 0.6) is 5.75 Å². The molecule has 0 saturated heterocycles. The van der Waals surface area contributed by atoms with E-state index >= 15 is 0 Å². The molecule has 0 unspecified atom stereocenters. The number of fused-ring (bicyclic) bond motifs is 1. The molecule has 1 aliphatic rings. The van der Waals surface area contributed by atoms with Gasteiger partial charge in [-0.2, -0.15) is 5.26 Å². The lowest BCUT2D eigenvalue weighted by Gasteiger charge is -2.15. The molecule has 0 fully saturated rings. The SMILES string of the molecule is CCc1ccc(OC[C@@H](O)Cn2c(=O)c(C#N)c3n(c2=O)CCC3)cc1. The molecule has 3 rings (SSSR count). The number of aliphatic hydroxyl groups is 1. The Hall–Kier alpha value is -2.85. The van der Waals surface area contributed by atoms with Crippen LogP contribution in [0.4, 0.5) is 0 Å². The van der Waals surface area contributed by atoms with Gasteiger partial charge in [-0.3, -0.25) is 13.9 Å². The highest BCUT2D eigenvalue weighted by Crippen LogP contribution is 2.14. The van der Waals surface area contributed by atoms with Crippen LogP contribution in [0, 0.1) is 11.3 Å². The van der Waals surface area contributed by atoms with E-state index in [1.165, 1.54) is 10.1 Å². The van der Waals surface area contributed by atoms with E-state index in [1.54, 1.807) is 0 Å². The summed E-state index contributed by atoms with van der Waals surface area (Å²) in [6, 6.07) is 9.42. The van der Waals surface area contributed by atoms with E-state index < -0.39 is 17.4 Å². The average Bonchev–Trinajstić information content (AvgIpc) is 3.14. The predicted octanol–water partition coefficient (Wildman–Crippen LogP) is 0.830. The van der Waals surface area contributed by atoms with Gasteiger partial charge in [-0.1, -0.05) is 19.1 Å². The minimum Gasteiger partial charge on any atom is -0.491 e. The Labute approximate surface area is 150 Å². The van der Waals surface area contributed by atoms with Crippen LogP contribution in [0.25, 0.3) is 0 Å². The summed E-state index contributed by atoms with van der Waals surface area (Å²) in [6.07, 6.45) is 1.16. The first-order valence-corrected chi connectivity index (χ1v) is 8.71. The minimum atomic E-state index is -1.04. The van der Waals surface area contributed by atoms with Gasteiger partial charge in [0.1, 0.15) is 30.1 Å². The molecule has 1 N–H and O–H groups in total. The monoisotopic (exact) mass is 355 g/mol. The largest absolute Gasteiger partial charge is 0.491 e. The lowest BCUT2D eigenvalue weighted by Crippen LogP contribution is -2.44. The molecule has 7 heteroatoms. The molecule has 1 aromatic carbocycles. The third kappa shape index (κ3) is 3.41. The number of aliphatic hydroxyl groups excluding tert-OH is 1. The number of nitrogens with zero attached hydrogens (tertiary/aromatic N) is 3. The van der Waals surface area contributed by atoms with Gasteiger partial charge in [-0.15, -0.1) is 0 Å². The van der Waals surface area contributed by atoms with Crippen molar-refractivity contribution in [3.05, 3.63) is 61.9 Å². The Bertz CT molecular complexity index is 951. The van der Waals surface area contributed by atoms with Crippen molar-refractivity contribution in [2.75, 3.05) is 6.61 Å². The van der Waals surface area contributed by atoms with Crippen LogP contribution in [0.15, 0.2) is 33.9 Å². The van der Waals surface area contributed by atoms with Gasteiger partial charge in [0.2, 0.25) is 0 Å². The molecule has 0 aliphatic carbocycles. The van der Waals surface area contributed by atoms with Crippen molar-refractivity contribution in [1.82, 2.24) is 9.13 Å². The van der Waals surface area contributed by atoms with Crippen LogP contribution in [0.1, 0.15) is 30.2 Å². The average molecular weight is 355 g/mol. The number of rotatable bonds is 6. The van der Waals surface area contributed by atoms with Gasteiger partial charge >= 0.3 is 5.69 Å². The zero-order chi connectivity index (χ0) is 18.7. The smallest absolute Gasteiger partial charge is 0.331 e. The Morgan fingerprint density at radius 2 is 2.04 bits per heavy atom. The van der Waals surface area contributed by atoms with Crippen molar-refractivity contribution < 1.29 is 9.84 Å². The number of aryl methyl sites for hydroxylation is 1. The van der Waals surface area contributed by atoms with Gasteiger partial charge in [0.05, 0.1) is 6.54 Å². The molecule has 0 amide bonds. The van der Waals surface area contributed by atoms with Gasteiger partial charge in [0, 0.05) is 12.2 Å². The van der Waals surface area contributed by atoms with E-state index in [4.69, 9.17) is 4.74 Å². The molecular weight excluding hydrogens is 334 g/mol. The fourth-order valence-corrected chi connectivity index (χ4v) is 3.19. The molecule has 136 valence electrons. The second kappa shape index (κ2) is 7.58. The zero-order valence-electron chi connectivity index (χ0n) is 14.6. The first-order valence-electron chi connectivity index (χ1n) is 8.71. The van der Waals surface area contributed by atoms with Gasteiger partial charge in [-0.05, 0) is 37.0 Å². The summed E-state index contributed by atoms with van der Waals surface area (Å²) in [6.45, 7) is 2.28. The molecule has 1 atom stereocenters. The third-order valence-electron chi connectivity index (χ3n) is 4.61. The standard InChI is InChI=1S/C19H21N3O4/c1-2-13-5-7-15(8-6-13)26-12-14(23)11-22-18(24)16(10-20)17-4-3-9-21(17)19(22)25/h5-8,14,23H,2-4,9,11-12H2,1H3/t14-/m0/s1. The number of hydrogen-bond donors (Lipinski definition) is 1. The molecular formula is C19H21N3O4.